The van der Waals surface area contributed by atoms with Gasteiger partial charge in [-0.15, -0.1) is 0 Å². The molecule has 0 unspecified atom stereocenters. The average Bonchev–Trinajstić information content (AvgIpc) is 3.06. The number of hydrogen-bond donors (Lipinski definition) is 0. The van der Waals surface area contributed by atoms with Crippen molar-refractivity contribution in [1.82, 2.24) is 19.9 Å². The Labute approximate surface area is 124 Å². The first-order valence-electron chi connectivity index (χ1n) is 7.55. The highest BCUT2D eigenvalue weighted by Gasteiger charge is 2.35. The van der Waals surface area contributed by atoms with Gasteiger partial charge in [0.15, 0.2) is 5.82 Å². The Bertz CT molecular complexity index is 496. The highest BCUT2D eigenvalue weighted by molar-refractivity contribution is 5.79. The van der Waals surface area contributed by atoms with Gasteiger partial charge in [-0.2, -0.15) is 4.98 Å². The highest BCUT2D eigenvalue weighted by Crippen LogP contribution is 2.28. The van der Waals surface area contributed by atoms with Crippen LogP contribution in [0.3, 0.4) is 0 Å². The lowest BCUT2D eigenvalue weighted by molar-refractivity contribution is -0.129. The molecule has 0 spiro atoms. The molecule has 2 aliphatic rings. The molecular weight excluding hydrogens is 272 g/mol. The molecule has 0 aliphatic carbocycles. The summed E-state index contributed by atoms with van der Waals surface area (Å²) in [5.74, 6) is 1.49. The molecule has 2 saturated heterocycles. The van der Waals surface area contributed by atoms with Gasteiger partial charge >= 0.3 is 0 Å². The van der Waals surface area contributed by atoms with Crippen molar-refractivity contribution >= 4 is 5.91 Å². The van der Waals surface area contributed by atoms with Crippen LogP contribution < -0.4 is 0 Å². The second-order valence-electron chi connectivity index (χ2n) is 5.98. The van der Waals surface area contributed by atoms with Crippen molar-refractivity contribution in [3.05, 3.63) is 11.7 Å². The SMILES string of the molecule is CC(C)N1C[C@H](c2nc(CN3CCOCC3)no2)CC1=O. The van der Waals surface area contributed by atoms with Crippen LogP contribution in [0.4, 0.5) is 0 Å². The fourth-order valence-corrected chi connectivity index (χ4v) is 2.85. The molecule has 3 heterocycles. The van der Waals surface area contributed by atoms with E-state index in [-0.39, 0.29) is 17.9 Å². The van der Waals surface area contributed by atoms with Gasteiger partial charge in [-0.1, -0.05) is 5.16 Å². The first-order valence-corrected chi connectivity index (χ1v) is 7.55. The summed E-state index contributed by atoms with van der Waals surface area (Å²) in [4.78, 5) is 20.5. The van der Waals surface area contributed by atoms with Crippen LogP contribution in [-0.2, 0) is 16.1 Å². The maximum Gasteiger partial charge on any atom is 0.232 e. The summed E-state index contributed by atoms with van der Waals surface area (Å²) in [6.45, 7) is 8.71. The van der Waals surface area contributed by atoms with Gasteiger partial charge in [0, 0.05) is 32.1 Å². The normalized spacial score (nSPS) is 24.2. The third kappa shape index (κ3) is 3.24. The number of carbonyl (C=O) groups excluding carboxylic acids is 1. The molecule has 1 aromatic heterocycles. The van der Waals surface area contributed by atoms with Crippen molar-refractivity contribution in [1.29, 1.82) is 0 Å². The van der Waals surface area contributed by atoms with E-state index in [1.165, 1.54) is 0 Å². The minimum Gasteiger partial charge on any atom is -0.379 e. The zero-order chi connectivity index (χ0) is 14.8. The van der Waals surface area contributed by atoms with Crippen molar-refractivity contribution in [2.24, 2.45) is 0 Å². The molecule has 116 valence electrons. The lowest BCUT2D eigenvalue weighted by Gasteiger charge is -2.24. The van der Waals surface area contributed by atoms with Crippen LogP contribution in [0.2, 0.25) is 0 Å². The fraction of sp³-hybridized carbons (Fsp3) is 0.786. The van der Waals surface area contributed by atoms with E-state index in [0.29, 0.717) is 31.2 Å². The molecule has 2 aliphatic heterocycles. The topological polar surface area (TPSA) is 71.7 Å². The Kier molecular flexibility index (Phi) is 4.21. The second kappa shape index (κ2) is 6.11. The van der Waals surface area contributed by atoms with Gasteiger partial charge < -0.3 is 14.2 Å². The quantitative estimate of drug-likeness (QED) is 0.811. The standard InChI is InChI=1S/C14H22N4O3/c1-10(2)18-8-11(7-13(18)19)14-15-12(16-21-14)9-17-3-5-20-6-4-17/h10-11H,3-9H2,1-2H3/t11-/m1/s1. The monoisotopic (exact) mass is 294 g/mol. The first kappa shape index (κ1) is 14.5. The van der Waals surface area contributed by atoms with Crippen molar-refractivity contribution in [2.75, 3.05) is 32.8 Å². The first-order chi connectivity index (χ1) is 10.1. The Morgan fingerprint density at radius 2 is 2.10 bits per heavy atom. The minimum absolute atomic E-state index is 0.0332. The molecule has 0 radical (unpaired) electrons. The van der Waals surface area contributed by atoms with Gasteiger partial charge in [0.2, 0.25) is 11.8 Å². The zero-order valence-corrected chi connectivity index (χ0v) is 12.6. The third-order valence-electron chi connectivity index (χ3n) is 4.08. The minimum atomic E-state index is 0.0332. The number of morpholine rings is 1. The number of amides is 1. The van der Waals surface area contributed by atoms with Gasteiger partial charge in [-0.05, 0) is 13.8 Å². The smallest absolute Gasteiger partial charge is 0.232 e. The lowest BCUT2D eigenvalue weighted by Crippen LogP contribution is -2.35. The molecule has 2 fully saturated rings. The van der Waals surface area contributed by atoms with Crippen LogP contribution in [0, 0.1) is 0 Å². The number of aromatic nitrogens is 2. The van der Waals surface area contributed by atoms with Crippen LogP contribution in [0.1, 0.15) is 37.9 Å². The molecule has 3 rings (SSSR count). The largest absolute Gasteiger partial charge is 0.379 e. The van der Waals surface area contributed by atoms with Crippen LogP contribution in [-0.4, -0.2) is 64.7 Å². The molecule has 21 heavy (non-hydrogen) atoms. The Hall–Kier alpha value is -1.47. The van der Waals surface area contributed by atoms with Gasteiger partial charge in [-0.25, -0.2) is 0 Å². The van der Waals surface area contributed by atoms with E-state index in [1.807, 2.05) is 18.7 Å². The number of nitrogens with zero attached hydrogens (tertiary/aromatic N) is 4. The van der Waals surface area contributed by atoms with Crippen molar-refractivity contribution in [3.8, 4) is 0 Å². The Morgan fingerprint density at radius 3 is 2.76 bits per heavy atom. The van der Waals surface area contributed by atoms with E-state index < -0.39 is 0 Å². The number of rotatable bonds is 4. The summed E-state index contributed by atoms with van der Waals surface area (Å²) in [5.41, 5.74) is 0. The van der Waals surface area contributed by atoms with Crippen LogP contribution in [0.25, 0.3) is 0 Å². The van der Waals surface area contributed by atoms with Crippen molar-refractivity contribution in [2.45, 2.75) is 38.8 Å². The molecule has 0 saturated carbocycles. The van der Waals surface area contributed by atoms with Crippen LogP contribution >= 0.6 is 0 Å². The van der Waals surface area contributed by atoms with Gasteiger partial charge in [-0.3, -0.25) is 9.69 Å². The molecule has 0 bridgehead atoms. The van der Waals surface area contributed by atoms with Crippen molar-refractivity contribution < 1.29 is 14.1 Å². The maximum absolute atomic E-state index is 11.9. The van der Waals surface area contributed by atoms with E-state index in [2.05, 4.69) is 15.0 Å². The average molecular weight is 294 g/mol. The predicted octanol–water partition coefficient (Wildman–Crippen LogP) is 0.626. The zero-order valence-electron chi connectivity index (χ0n) is 12.6. The molecule has 1 amide bonds. The van der Waals surface area contributed by atoms with Crippen molar-refractivity contribution in [3.63, 3.8) is 0 Å². The van der Waals surface area contributed by atoms with E-state index in [4.69, 9.17) is 9.26 Å². The van der Waals surface area contributed by atoms with E-state index in [9.17, 15) is 4.79 Å². The molecule has 7 heteroatoms. The summed E-state index contributed by atoms with van der Waals surface area (Å²) in [6.07, 6.45) is 0.470. The molecule has 7 nitrogen and oxygen atoms in total. The molecule has 1 atom stereocenters. The second-order valence-corrected chi connectivity index (χ2v) is 5.98. The maximum atomic E-state index is 11.9. The van der Waals surface area contributed by atoms with E-state index >= 15 is 0 Å². The molecular formula is C14H22N4O3. The Balaban J connectivity index is 1.61. The summed E-state index contributed by atoms with van der Waals surface area (Å²) in [5, 5.41) is 4.05. The van der Waals surface area contributed by atoms with E-state index in [0.717, 1.165) is 26.3 Å². The third-order valence-corrected chi connectivity index (χ3v) is 4.08. The van der Waals surface area contributed by atoms with Crippen LogP contribution in [0.5, 0.6) is 0 Å². The number of hydrogen-bond acceptors (Lipinski definition) is 6. The summed E-state index contributed by atoms with van der Waals surface area (Å²) in [7, 11) is 0. The predicted molar refractivity (Wildman–Crippen MR) is 74.6 cm³/mol. The highest BCUT2D eigenvalue weighted by atomic mass is 16.5. The molecule has 1 aromatic rings. The van der Waals surface area contributed by atoms with E-state index in [1.54, 1.807) is 0 Å². The number of ether oxygens (including phenoxy) is 1. The number of likely N-dealkylation sites (tertiary alicyclic amines) is 1. The van der Waals surface area contributed by atoms with Crippen LogP contribution in [0.15, 0.2) is 4.52 Å². The van der Waals surface area contributed by atoms with Gasteiger partial charge in [0.25, 0.3) is 0 Å². The fourth-order valence-electron chi connectivity index (χ4n) is 2.85. The summed E-state index contributed by atoms with van der Waals surface area (Å²) in [6, 6.07) is 0.221. The van der Waals surface area contributed by atoms with Gasteiger partial charge in [0.05, 0.1) is 25.7 Å². The number of carbonyl (C=O) groups is 1. The van der Waals surface area contributed by atoms with Gasteiger partial charge in [0.1, 0.15) is 0 Å². The molecule has 0 N–H and O–H groups in total. The lowest BCUT2D eigenvalue weighted by atomic mass is 10.1. The molecule has 0 aromatic carbocycles. The summed E-state index contributed by atoms with van der Waals surface area (Å²) >= 11 is 0. The Morgan fingerprint density at radius 1 is 1.33 bits per heavy atom. The summed E-state index contributed by atoms with van der Waals surface area (Å²) < 4.78 is 10.7.